The van der Waals surface area contributed by atoms with E-state index < -0.39 is 15.9 Å². The molecule has 0 aliphatic carbocycles. The van der Waals surface area contributed by atoms with Crippen LogP contribution in [-0.4, -0.2) is 47.3 Å². The molecule has 1 saturated heterocycles. The number of nitrogens with zero attached hydrogens (tertiary/aromatic N) is 2. The molecule has 1 atom stereocenters. The SMILES string of the molecule is COc1ccc(Cl)cc1N(CC(=O)NCc1ccc(N2CCCC(C)C2)cc1)S(C)(=O)=O. The molecule has 0 bridgehead atoms. The minimum absolute atomic E-state index is 0.220. The summed E-state index contributed by atoms with van der Waals surface area (Å²) in [7, 11) is -2.31. The molecule has 0 spiro atoms. The highest BCUT2D eigenvalue weighted by Crippen LogP contribution is 2.32. The van der Waals surface area contributed by atoms with Crippen LogP contribution in [-0.2, 0) is 21.4 Å². The van der Waals surface area contributed by atoms with Gasteiger partial charge in [0.25, 0.3) is 0 Å². The monoisotopic (exact) mass is 479 g/mol. The topological polar surface area (TPSA) is 79.0 Å². The minimum Gasteiger partial charge on any atom is -0.495 e. The van der Waals surface area contributed by atoms with Gasteiger partial charge in [-0.1, -0.05) is 30.7 Å². The van der Waals surface area contributed by atoms with Crippen LogP contribution in [0, 0.1) is 5.92 Å². The number of ether oxygens (including phenoxy) is 1. The third kappa shape index (κ3) is 6.29. The van der Waals surface area contributed by atoms with Gasteiger partial charge in [-0.2, -0.15) is 0 Å². The molecule has 1 heterocycles. The highest BCUT2D eigenvalue weighted by molar-refractivity contribution is 7.92. The van der Waals surface area contributed by atoms with E-state index in [0.717, 1.165) is 29.2 Å². The van der Waals surface area contributed by atoms with Crippen molar-refractivity contribution in [2.24, 2.45) is 5.92 Å². The molecule has 1 aliphatic rings. The zero-order valence-corrected chi connectivity index (χ0v) is 20.2. The van der Waals surface area contributed by atoms with E-state index in [9.17, 15) is 13.2 Å². The van der Waals surface area contributed by atoms with Crippen LogP contribution < -0.4 is 19.3 Å². The highest BCUT2D eigenvalue weighted by atomic mass is 35.5. The van der Waals surface area contributed by atoms with Crippen molar-refractivity contribution in [2.75, 3.05) is 42.2 Å². The number of hydrogen-bond donors (Lipinski definition) is 1. The number of piperidine rings is 1. The molecule has 1 amide bonds. The molecule has 9 heteroatoms. The molecule has 2 aromatic rings. The van der Waals surface area contributed by atoms with Gasteiger partial charge in [0.2, 0.25) is 15.9 Å². The second kappa shape index (κ2) is 10.4. The summed E-state index contributed by atoms with van der Waals surface area (Å²) >= 11 is 6.04. The van der Waals surface area contributed by atoms with Crippen molar-refractivity contribution in [3.63, 3.8) is 0 Å². The predicted molar refractivity (Wildman–Crippen MR) is 129 cm³/mol. The van der Waals surface area contributed by atoms with Gasteiger partial charge in [0, 0.05) is 30.3 Å². The lowest BCUT2D eigenvalue weighted by atomic mass is 9.99. The molecule has 3 rings (SSSR count). The average Bonchev–Trinajstić information content (AvgIpc) is 2.75. The first kappa shape index (κ1) is 24.2. The van der Waals surface area contributed by atoms with Crippen molar-refractivity contribution in [3.05, 3.63) is 53.1 Å². The molecular weight excluding hydrogens is 450 g/mol. The fourth-order valence-electron chi connectivity index (χ4n) is 3.87. The lowest BCUT2D eigenvalue weighted by molar-refractivity contribution is -0.119. The lowest BCUT2D eigenvalue weighted by Crippen LogP contribution is -2.40. The van der Waals surface area contributed by atoms with E-state index in [0.29, 0.717) is 23.2 Å². The number of amides is 1. The number of hydrogen-bond acceptors (Lipinski definition) is 5. The van der Waals surface area contributed by atoms with Gasteiger partial charge in [0.05, 0.1) is 19.1 Å². The fourth-order valence-corrected chi connectivity index (χ4v) is 4.89. The standard InChI is InChI=1S/C23H30ClN3O4S/c1-17-5-4-12-26(15-17)20-9-6-18(7-10-20)14-25-23(28)16-27(32(3,29)30)21-13-19(24)8-11-22(21)31-2/h6-11,13,17H,4-5,12,14-16H2,1-3H3,(H,25,28). The van der Waals surface area contributed by atoms with Crippen molar-refractivity contribution >= 4 is 38.9 Å². The van der Waals surface area contributed by atoms with Gasteiger partial charge in [-0.15, -0.1) is 0 Å². The maximum atomic E-state index is 12.6. The summed E-state index contributed by atoms with van der Waals surface area (Å²) in [5, 5.41) is 3.14. The third-order valence-electron chi connectivity index (χ3n) is 5.55. The Labute approximate surface area is 195 Å². The minimum atomic E-state index is -3.74. The number of carbonyl (C=O) groups excluding carboxylic acids is 1. The molecule has 7 nitrogen and oxygen atoms in total. The van der Waals surface area contributed by atoms with E-state index >= 15 is 0 Å². The molecule has 174 valence electrons. The number of anilines is 2. The fraction of sp³-hybridized carbons (Fsp3) is 0.435. The Morgan fingerprint density at radius 3 is 2.59 bits per heavy atom. The van der Waals surface area contributed by atoms with Gasteiger partial charge in [0.1, 0.15) is 12.3 Å². The van der Waals surface area contributed by atoms with E-state index in [2.05, 4.69) is 29.3 Å². The largest absolute Gasteiger partial charge is 0.495 e. The summed E-state index contributed by atoms with van der Waals surface area (Å²) in [6.45, 7) is 4.33. The molecule has 0 saturated carbocycles. The molecule has 2 aromatic carbocycles. The second-order valence-corrected chi connectivity index (χ2v) is 10.6. The zero-order valence-electron chi connectivity index (χ0n) is 18.7. The van der Waals surface area contributed by atoms with Gasteiger partial charge < -0.3 is 15.0 Å². The number of carbonyl (C=O) groups is 1. The number of halogens is 1. The van der Waals surface area contributed by atoms with Gasteiger partial charge in [-0.05, 0) is 54.7 Å². The summed E-state index contributed by atoms with van der Waals surface area (Å²) in [4.78, 5) is 15.0. The van der Waals surface area contributed by atoms with E-state index in [1.54, 1.807) is 12.1 Å². The van der Waals surface area contributed by atoms with Gasteiger partial charge in [-0.25, -0.2) is 8.42 Å². The first-order valence-electron chi connectivity index (χ1n) is 10.6. The van der Waals surface area contributed by atoms with E-state index in [1.807, 2.05) is 12.1 Å². The molecule has 1 aliphatic heterocycles. The van der Waals surface area contributed by atoms with Crippen molar-refractivity contribution in [1.29, 1.82) is 0 Å². The summed E-state index contributed by atoms with van der Waals surface area (Å²) in [5.74, 6) is 0.584. The van der Waals surface area contributed by atoms with Crippen LogP contribution in [0.25, 0.3) is 0 Å². The zero-order chi connectivity index (χ0) is 23.3. The average molecular weight is 480 g/mol. The first-order chi connectivity index (χ1) is 15.2. The quantitative estimate of drug-likeness (QED) is 0.625. The van der Waals surface area contributed by atoms with Crippen LogP contribution in [0.15, 0.2) is 42.5 Å². The van der Waals surface area contributed by atoms with Crippen LogP contribution in [0.1, 0.15) is 25.3 Å². The lowest BCUT2D eigenvalue weighted by Gasteiger charge is -2.32. The first-order valence-corrected chi connectivity index (χ1v) is 12.8. The summed E-state index contributed by atoms with van der Waals surface area (Å²) < 4.78 is 31.0. The van der Waals surface area contributed by atoms with Crippen LogP contribution in [0.3, 0.4) is 0 Å². The van der Waals surface area contributed by atoms with Crippen molar-refractivity contribution < 1.29 is 17.9 Å². The van der Waals surface area contributed by atoms with E-state index in [1.165, 1.54) is 31.7 Å². The summed E-state index contributed by atoms with van der Waals surface area (Å²) in [5.41, 5.74) is 2.35. The van der Waals surface area contributed by atoms with E-state index in [4.69, 9.17) is 16.3 Å². The third-order valence-corrected chi connectivity index (χ3v) is 6.91. The maximum Gasteiger partial charge on any atom is 0.241 e. The molecule has 0 radical (unpaired) electrons. The number of rotatable bonds is 8. The molecule has 0 aromatic heterocycles. The molecule has 1 N–H and O–H groups in total. The Morgan fingerprint density at radius 2 is 1.97 bits per heavy atom. The highest BCUT2D eigenvalue weighted by Gasteiger charge is 2.24. The Bertz CT molecular complexity index is 1040. The molecule has 1 fully saturated rings. The van der Waals surface area contributed by atoms with Gasteiger partial charge in [-0.3, -0.25) is 9.10 Å². The normalized spacial score (nSPS) is 16.5. The van der Waals surface area contributed by atoms with Gasteiger partial charge in [0.15, 0.2) is 0 Å². The smallest absolute Gasteiger partial charge is 0.241 e. The van der Waals surface area contributed by atoms with Crippen LogP contribution in [0.2, 0.25) is 5.02 Å². The number of methoxy groups -OCH3 is 1. The van der Waals surface area contributed by atoms with Crippen molar-refractivity contribution in [2.45, 2.75) is 26.3 Å². The van der Waals surface area contributed by atoms with Gasteiger partial charge >= 0.3 is 0 Å². The Hall–Kier alpha value is -2.45. The second-order valence-electron chi connectivity index (χ2n) is 8.22. The summed E-state index contributed by atoms with van der Waals surface area (Å²) in [6, 6.07) is 12.7. The molecular formula is C23H30ClN3O4S. The van der Waals surface area contributed by atoms with Crippen LogP contribution in [0.4, 0.5) is 11.4 Å². The van der Waals surface area contributed by atoms with Crippen molar-refractivity contribution in [1.82, 2.24) is 5.32 Å². The predicted octanol–water partition coefficient (Wildman–Crippen LogP) is 3.67. The molecule has 32 heavy (non-hydrogen) atoms. The number of benzene rings is 2. The summed E-state index contributed by atoms with van der Waals surface area (Å²) in [6.07, 6.45) is 3.51. The van der Waals surface area contributed by atoms with Crippen LogP contribution in [0.5, 0.6) is 5.75 Å². The number of sulfonamides is 1. The Morgan fingerprint density at radius 1 is 1.25 bits per heavy atom. The molecule has 1 unspecified atom stereocenters. The Balaban J connectivity index is 1.64. The van der Waals surface area contributed by atoms with E-state index in [-0.39, 0.29) is 12.2 Å². The van der Waals surface area contributed by atoms with Crippen LogP contribution >= 0.6 is 11.6 Å². The Kier molecular flexibility index (Phi) is 7.90. The van der Waals surface area contributed by atoms with Crippen molar-refractivity contribution in [3.8, 4) is 5.75 Å². The maximum absolute atomic E-state index is 12.6. The number of nitrogens with one attached hydrogen (secondary N) is 1.